The minimum absolute atomic E-state index is 0.149. The van der Waals surface area contributed by atoms with E-state index in [2.05, 4.69) is 21.9 Å². The average Bonchev–Trinajstić information content (AvgIpc) is 2.85. The van der Waals surface area contributed by atoms with E-state index in [9.17, 15) is 10.1 Å². The molecule has 0 aliphatic carbocycles. The van der Waals surface area contributed by atoms with Gasteiger partial charge in [0.25, 0.3) is 5.69 Å². The minimum atomic E-state index is -0.339. The maximum Gasteiger partial charge on any atom is 0.269 e. The fraction of sp³-hybridized carbons (Fsp3) is 0.308. The van der Waals surface area contributed by atoms with E-state index in [4.69, 9.17) is 9.47 Å². The highest BCUT2D eigenvalue weighted by Gasteiger charge is 2.18. The molecule has 1 aliphatic rings. The summed E-state index contributed by atoms with van der Waals surface area (Å²) in [6, 6.07) is 23.1. The molecule has 0 bridgehead atoms. The summed E-state index contributed by atoms with van der Waals surface area (Å²) < 4.78 is 11.5. The van der Waals surface area contributed by atoms with Crippen molar-refractivity contribution in [3.8, 4) is 11.5 Å². The van der Waals surface area contributed by atoms with Crippen molar-refractivity contribution in [2.24, 2.45) is 0 Å². The quantitative estimate of drug-likeness (QED) is 0.355. The lowest BCUT2D eigenvalue weighted by Gasteiger charge is -2.34. The number of non-ortho nitro benzene ring substituents is 1. The van der Waals surface area contributed by atoms with Crippen molar-refractivity contribution in [3.63, 3.8) is 0 Å². The van der Waals surface area contributed by atoms with Crippen LogP contribution < -0.4 is 9.47 Å². The maximum absolute atomic E-state index is 11.0. The summed E-state index contributed by atoms with van der Waals surface area (Å²) in [7, 11) is 1.66. The highest BCUT2D eigenvalue weighted by Crippen LogP contribution is 2.29. The van der Waals surface area contributed by atoms with Gasteiger partial charge in [-0.15, -0.1) is 0 Å². The van der Waals surface area contributed by atoms with Gasteiger partial charge in [0.1, 0.15) is 6.61 Å². The molecular weight excluding hydrogens is 418 g/mol. The van der Waals surface area contributed by atoms with E-state index in [1.165, 1.54) is 11.6 Å². The van der Waals surface area contributed by atoms with Gasteiger partial charge >= 0.3 is 0 Å². The Hall–Kier alpha value is -3.42. The monoisotopic (exact) mass is 447 g/mol. The van der Waals surface area contributed by atoms with E-state index < -0.39 is 0 Å². The molecule has 0 N–H and O–H groups in total. The number of methoxy groups -OCH3 is 1. The molecule has 172 valence electrons. The van der Waals surface area contributed by atoms with Gasteiger partial charge in [0.15, 0.2) is 11.5 Å². The van der Waals surface area contributed by atoms with E-state index in [0.29, 0.717) is 6.61 Å². The molecule has 7 heteroatoms. The Kier molecular flexibility index (Phi) is 7.55. The van der Waals surface area contributed by atoms with Crippen LogP contribution in [-0.2, 0) is 19.7 Å². The highest BCUT2D eigenvalue weighted by atomic mass is 16.6. The lowest BCUT2D eigenvalue weighted by atomic mass is 10.1. The van der Waals surface area contributed by atoms with Crippen molar-refractivity contribution >= 4 is 5.69 Å². The Morgan fingerprint density at radius 1 is 0.788 bits per heavy atom. The fourth-order valence-electron chi connectivity index (χ4n) is 4.06. The maximum atomic E-state index is 11.0. The molecule has 1 heterocycles. The van der Waals surface area contributed by atoms with Gasteiger partial charge in [0.2, 0.25) is 0 Å². The average molecular weight is 448 g/mol. The Morgan fingerprint density at radius 2 is 1.42 bits per heavy atom. The third-order valence-electron chi connectivity index (χ3n) is 5.86. The summed E-state index contributed by atoms with van der Waals surface area (Å²) >= 11 is 0. The first-order valence-electron chi connectivity index (χ1n) is 11.1. The lowest BCUT2D eigenvalue weighted by molar-refractivity contribution is -0.384. The first kappa shape index (κ1) is 22.8. The molecule has 0 saturated carbocycles. The van der Waals surface area contributed by atoms with E-state index >= 15 is 0 Å². The summed E-state index contributed by atoms with van der Waals surface area (Å²) in [6.07, 6.45) is 0. The predicted octanol–water partition coefficient (Wildman–Crippen LogP) is 4.50. The molecule has 4 rings (SSSR count). The van der Waals surface area contributed by atoms with Gasteiger partial charge in [0, 0.05) is 51.4 Å². The third-order valence-corrected chi connectivity index (χ3v) is 5.86. The molecule has 7 nitrogen and oxygen atoms in total. The second-order valence-electron chi connectivity index (χ2n) is 8.24. The molecule has 1 fully saturated rings. The van der Waals surface area contributed by atoms with E-state index in [1.807, 2.05) is 42.5 Å². The van der Waals surface area contributed by atoms with Crippen molar-refractivity contribution in [2.45, 2.75) is 19.7 Å². The second-order valence-corrected chi connectivity index (χ2v) is 8.24. The number of nitro groups is 1. The van der Waals surface area contributed by atoms with Gasteiger partial charge in [-0.2, -0.15) is 0 Å². The number of hydrogen-bond acceptors (Lipinski definition) is 6. The SMILES string of the molecule is COc1ccc(CN2CCN(Cc3cccc([N+](=O)[O-])c3)CC2)cc1OCc1ccccc1. The molecule has 0 aromatic heterocycles. The predicted molar refractivity (Wildman–Crippen MR) is 127 cm³/mol. The summed E-state index contributed by atoms with van der Waals surface area (Å²) in [5.74, 6) is 1.49. The van der Waals surface area contributed by atoms with Crippen LogP contribution in [0.2, 0.25) is 0 Å². The first-order chi connectivity index (χ1) is 16.1. The minimum Gasteiger partial charge on any atom is -0.493 e. The Labute approximate surface area is 194 Å². The van der Waals surface area contributed by atoms with E-state index in [-0.39, 0.29) is 10.6 Å². The van der Waals surface area contributed by atoms with Crippen LogP contribution in [0.1, 0.15) is 16.7 Å². The van der Waals surface area contributed by atoms with Gasteiger partial charge in [-0.05, 0) is 28.8 Å². The fourth-order valence-corrected chi connectivity index (χ4v) is 4.06. The first-order valence-corrected chi connectivity index (χ1v) is 11.1. The van der Waals surface area contributed by atoms with Gasteiger partial charge < -0.3 is 9.47 Å². The molecule has 0 unspecified atom stereocenters. The number of hydrogen-bond donors (Lipinski definition) is 0. The third kappa shape index (κ3) is 6.31. The standard InChI is InChI=1S/C26H29N3O4/c1-32-25-11-10-23(17-26(25)33-20-21-6-3-2-4-7-21)19-28-14-12-27(13-15-28)18-22-8-5-9-24(16-22)29(30)31/h2-11,16-17H,12-15,18-20H2,1H3. The number of benzene rings is 3. The van der Waals surface area contributed by atoms with E-state index in [1.54, 1.807) is 19.2 Å². The van der Waals surface area contributed by atoms with Crippen molar-refractivity contribution in [2.75, 3.05) is 33.3 Å². The number of nitro benzene ring substituents is 1. The Morgan fingerprint density at radius 3 is 2.06 bits per heavy atom. The molecular formula is C26H29N3O4. The molecule has 0 amide bonds. The highest BCUT2D eigenvalue weighted by molar-refractivity contribution is 5.43. The zero-order chi connectivity index (χ0) is 23.0. The van der Waals surface area contributed by atoms with Crippen LogP contribution in [-0.4, -0.2) is 48.0 Å². The largest absolute Gasteiger partial charge is 0.493 e. The topological polar surface area (TPSA) is 68.1 Å². The summed E-state index contributed by atoms with van der Waals surface area (Å²) in [6.45, 7) is 5.82. The lowest BCUT2D eigenvalue weighted by Crippen LogP contribution is -2.45. The molecule has 1 saturated heterocycles. The van der Waals surface area contributed by atoms with Gasteiger partial charge in [-0.25, -0.2) is 0 Å². The van der Waals surface area contributed by atoms with Crippen LogP contribution in [0.4, 0.5) is 5.69 Å². The summed E-state index contributed by atoms with van der Waals surface area (Å²) in [5.41, 5.74) is 3.43. The summed E-state index contributed by atoms with van der Waals surface area (Å²) in [4.78, 5) is 15.4. The Balaban J connectivity index is 1.31. The number of piperazine rings is 1. The Bertz CT molecular complexity index is 1070. The second kappa shape index (κ2) is 10.9. The number of nitrogens with zero attached hydrogens (tertiary/aromatic N) is 3. The van der Waals surface area contributed by atoms with Crippen LogP contribution in [0.15, 0.2) is 72.8 Å². The van der Waals surface area contributed by atoms with Crippen LogP contribution in [0.3, 0.4) is 0 Å². The number of ether oxygens (including phenoxy) is 2. The van der Waals surface area contributed by atoms with Crippen LogP contribution in [0.25, 0.3) is 0 Å². The van der Waals surface area contributed by atoms with Crippen molar-refractivity contribution < 1.29 is 14.4 Å². The van der Waals surface area contributed by atoms with Crippen LogP contribution in [0, 0.1) is 10.1 Å². The molecule has 3 aromatic rings. The molecule has 3 aromatic carbocycles. The zero-order valence-corrected chi connectivity index (χ0v) is 18.9. The van der Waals surface area contributed by atoms with Gasteiger partial charge in [-0.1, -0.05) is 48.5 Å². The molecule has 0 spiro atoms. The normalized spacial score (nSPS) is 14.7. The van der Waals surface area contributed by atoms with Crippen LogP contribution in [0.5, 0.6) is 11.5 Å². The molecule has 0 atom stereocenters. The van der Waals surface area contributed by atoms with Gasteiger partial charge in [0.05, 0.1) is 12.0 Å². The number of rotatable bonds is 9. The van der Waals surface area contributed by atoms with Crippen molar-refractivity contribution in [1.82, 2.24) is 9.80 Å². The van der Waals surface area contributed by atoms with E-state index in [0.717, 1.165) is 61.9 Å². The molecule has 0 radical (unpaired) electrons. The summed E-state index contributed by atoms with van der Waals surface area (Å²) in [5, 5.41) is 11.0. The molecule has 33 heavy (non-hydrogen) atoms. The van der Waals surface area contributed by atoms with Crippen LogP contribution >= 0.6 is 0 Å². The van der Waals surface area contributed by atoms with Gasteiger partial charge in [-0.3, -0.25) is 19.9 Å². The van der Waals surface area contributed by atoms with Crippen molar-refractivity contribution in [1.29, 1.82) is 0 Å². The molecule has 1 aliphatic heterocycles. The zero-order valence-electron chi connectivity index (χ0n) is 18.9. The smallest absolute Gasteiger partial charge is 0.269 e. The van der Waals surface area contributed by atoms with Crippen molar-refractivity contribution in [3.05, 3.63) is 99.6 Å².